The van der Waals surface area contributed by atoms with Crippen LogP contribution in [-0.4, -0.2) is 41.5 Å². The van der Waals surface area contributed by atoms with Gasteiger partial charge in [-0.15, -0.1) is 0 Å². The molecule has 0 unspecified atom stereocenters. The van der Waals surface area contributed by atoms with Gasteiger partial charge in [-0.3, -0.25) is 9.59 Å². The van der Waals surface area contributed by atoms with Crippen molar-refractivity contribution in [2.45, 2.75) is 19.8 Å². The van der Waals surface area contributed by atoms with Gasteiger partial charge in [0.2, 0.25) is 0 Å². The monoisotopic (exact) mass is 310 g/mol. The number of aliphatic hydroxyl groups is 1. The number of nitrogens with one attached hydrogen (secondary N) is 1. The van der Waals surface area contributed by atoms with Crippen molar-refractivity contribution in [2.75, 3.05) is 25.0 Å². The number of amides is 2. The first kappa shape index (κ1) is 15.8. The predicted molar refractivity (Wildman–Crippen MR) is 81.2 cm³/mol. The lowest BCUT2D eigenvalue weighted by atomic mass is 9.98. The number of hydrogen-bond donors (Lipinski definition) is 2. The van der Waals surface area contributed by atoms with E-state index >= 15 is 0 Å². The van der Waals surface area contributed by atoms with E-state index in [0.29, 0.717) is 23.8 Å². The van der Waals surface area contributed by atoms with Crippen LogP contribution in [-0.2, 0) is 9.59 Å². The zero-order valence-electron chi connectivity index (χ0n) is 11.9. The maximum Gasteiger partial charge on any atom is 0.313 e. The molecule has 1 aliphatic heterocycles. The Labute approximate surface area is 128 Å². The van der Waals surface area contributed by atoms with Crippen LogP contribution >= 0.6 is 11.6 Å². The lowest BCUT2D eigenvalue weighted by Gasteiger charge is -2.30. The van der Waals surface area contributed by atoms with Crippen molar-refractivity contribution in [3.63, 3.8) is 0 Å². The summed E-state index contributed by atoms with van der Waals surface area (Å²) in [6.07, 6.45) is 1.45. The number of benzene rings is 1. The van der Waals surface area contributed by atoms with Gasteiger partial charge in [-0.1, -0.05) is 17.7 Å². The molecule has 21 heavy (non-hydrogen) atoms. The minimum Gasteiger partial charge on any atom is -0.396 e. The summed E-state index contributed by atoms with van der Waals surface area (Å²) in [5.41, 5.74) is 1.42. The number of piperidine rings is 1. The molecule has 1 aromatic rings. The number of carbonyl (C=O) groups excluding carboxylic acids is 2. The van der Waals surface area contributed by atoms with Gasteiger partial charge in [0.1, 0.15) is 0 Å². The Hall–Kier alpha value is -1.59. The summed E-state index contributed by atoms with van der Waals surface area (Å²) in [5.74, 6) is -1.00. The minimum atomic E-state index is -0.678. The van der Waals surface area contributed by atoms with E-state index < -0.39 is 11.8 Å². The first-order chi connectivity index (χ1) is 10.0. The van der Waals surface area contributed by atoms with Crippen LogP contribution in [0.15, 0.2) is 18.2 Å². The number of nitrogens with zero attached hydrogens (tertiary/aromatic N) is 1. The molecule has 5 nitrogen and oxygen atoms in total. The third kappa shape index (κ3) is 3.95. The minimum absolute atomic E-state index is 0.132. The fourth-order valence-electron chi connectivity index (χ4n) is 2.36. The van der Waals surface area contributed by atoms with Crippen LogP contribution in [0.25, 0.3) is 0 Å². The first-order valence-corrected chi connectivity index (χ1v) is 7.36. The normalized spacial score (nSPS) is 15.9. The largest absolute Gasteiger partial charge is 0.396 e. The predicted octanol–water partition coefficient (Wildman–Crippen LogP) is 1.82. The van der Waals surface area contributed by atoms with Gasteiger partial charge in [0, 0.05) is 19.7 Å². The van der Waals surface area contributed by atoms with Gasteiger partial charge in [-0.2, -0.15) is 0 Å². The molecule has 0 aromatic heterocycles. The molecule has 1 heterocycles. The number of hydrogen-bond acceptors (Lipinski definition) is 3. The Bertz CT molecular complexity index is 540. The average Bonchev–Trinajstić information content (AvgIpc) is 2.49. The zero-order chi connectivity index (χ0) is 15.4. The fraction of sp³-hybridized carbons (Fsp3) is 0.467. The second-order valence-electron chi connectivity index (χ2n) is 5.36. The van der Waals surface area contributed by atoms with Gasteiger partial charge < -0.3 is 15.3 Å². The van der Waals surface area contributed by atoms with E-state index in [4.69, 9.17) is 16.7 Å². The van der Waals surface area contributed by atoms with Crippen LogP contribution < -0.4 is 5.32 Å². The molecular weight excluding hydrogens is 292 g/mol. The number of carbonyl (C=O) groups is 2. The Morgan fingerprint density at radius 3 is 2.62 bits per heavy atom. The van der Waals surface area contributed by atoms with E-state index in [9.17, 15) is 9.59 Å². The van der Waals surface area contributed by atoms with Crippen LogP contribution in [0.4, 0.5) is 5.69 Å². The van der Waals surface area contributed by atoms with Crippen molar-refractivity contribution in [3.05, 3.63) is 28.8 Å². The fourth-order valence-corrected chi connectivity index (χ4v) is 2.64. The molecule has 0 bridgehead atoms. The molecule has 2 N–H and O–H groups in total. The number of likely N-dealkylation sites (tertiary alicyclic amines) is 1. The van der Waals surface area contributed by atoms with Crippen molar-refractivity contribution in [1.82, 2.24) is 4.90 Å². The molecule has 1 aliphatic rings. The maximum absolute atomic E-state index is 12.1. The van der Waals surface area contributed by atoms with E-state index in [2.05, 4.69) is 5.32 Å². The molecule has 114 valence electrons. The van der Waals surface area contributed by atoms with Crippen LogP contribution in [0.5, 0.6) is 0 Å². The lowest BCUT2D eigenvalue weighted by molar-refractivity contribution is -0.144. The molecule has 0 spiro atoms. The van der Waals surface area contributed by atoms with Gasteiger partial charge in [0.25, 0.3) is 0 Å². The standard InChI is InChI=1S/C15H19ClN2O3/c1-10-2-3-13(12(16)8-10)17-14(20)15(21)18-6-4-11(9-19)5-7-18/h2-3,8,11,19H,4-7,9H2,1H3,(H,17,20). The van der Waals surface area contributed by atoms with E-state index in [1.807, 2.05) is 13.0 Å². The molecule has 2 rings (SSSR count). The third-order valence-corrected chi connectivity index (χ3v) is 4.04. The SMILES string of the molecule is Cc1ccc(NC(=O)C(=O)N2CCC(CO)CC2)c(Cl)c1. The summed E-state index contributed by atoms with van der Waals surface area (Å²) in [4.78, 5) is 25.6. The Morgan fingerprint density at radius 1 is 1.38 bits per heavy atom. The van der Waals surface area contributed by atoms with Gasteiger partial charge in [0.05, 0.1) is 10.7 Å². The van der Waals surface area contributed by atoms with Crippen LogP contribution in [0, 0.1) is 12.8 Å². The lowest BCUT2D eigenvalue weighted by Crippen LogP contribution is -2.44. The number of aryl methyl sites for hydroxylation is 1. The number of halogens is 1. The second kappa shape index (κ2) is 6.91. The maximum atomic E-state index is 12.1. The quantitative estimate of drug-likeness (QED) is 0.819. The van der Waals surface area contributed by atoms with Crippen molar-refractivity contribution < 1.29 is 14.7 Å². The van der Waals surface area contributed by atoms with Gasteiger partial charge in [-0.05, 0) is 43.4 Å². The molecule has 0 aliphatic carbocycles. The highest BCUT2D eigenvalue weighted by molar-refractivity contribution is 6.41. The highest BCUT2D eigenvalue weighted by Gasteiger charge is 2.27. The first-order valence-electron chi connectivity index (χ1n) is 6.98. The molecule has 1 saturated heterocycles. The molecule has 0 atom stereocenters. The van der Waals surface area contributed by atoms with E-state index in [0.717, 1.165) is 18.4 Å². The van der Waals surface area contributed by atoms with Crippen LogP contribution in [0.3, 0.4) is 0 Å². The Balaban J connectivity index is 1.95. The number of aliphatic hydroxyl groups excluding tert-OH is 1. The number of rotatable bonds is 2. The average molecular weight is 311 g/mol. The molecule has 0 saturated carbocycles. The summed E-state index contributed by atoms with van der Waals surface area (Å²) in [7, 11) is 0. The van der Waals surface area contributed by atoms with Gasteiger partial charge >= 0.3 is 11.8 Å². The summed E-state index contributed by atoms with van der Waals surface area (Å²) in [5, 5.41) is 12.0. The zero-order valence-corrected chi connectivity index (χ0v) is 12.7. The van der Waals surface area contributed by atoms with Gasteiger partial charge in [0.15, 0.2) is 0 Å². The molecule has 2 amide bonds. The van der Waals surface area contributed by atoms with E-state index in [-0.39, 0.29) is 12.5 Å². The Kier molecular flexibility index (Phi) is 5.20. The molecule has 6 heteroatoms. The second-order valence-corrected chi connectivity index (χ2v) is 5.76. The third-order valence-electron chi connectivity index (χ3n) is 3.73. The van der Waals surface area contributed by atoms with E-state index in [1.54, 1.807) is 12.1 Å². The van der Waals surface area contributed by atoms with Crippen molar-refractivity contribution in [3.8, 4) is 0 Å². The van der Waals surface area contributed by atoms with Gasteiger partial charge in [-0.25, -0.2) is 0 Å². The van der Waals surface area contributed by atoms with Crippen molar-refractivity contribution in [1.29, 1.82) is 0 Å². The Morgan fingerprint density at radius 2 is 2.05 bits per heavy atom. The summed E-state index contributed by atoms with van der Waals surface area (Å²) >= 11 is 6.03. The van der Waals surface area contributed by atoms with Crippen molar-refractivity contribution >= 4 is 29.1 Å². The number of anilines is 1. The molecule has 1 aromatic carbocycles. The van der Waals surface area contributed by atoms with Crippen LogP contribution in [0.1, 0.15) is 18.4 Å². The highest BCUT2D eigenvalue weighted by atomic mass is 35.5. The summed E-state index contributed by atoms with van der Waals surface area (Å²) < 4.78 is 0. The van der Waals surface area contributed by atoms with Crippen LogP contribution in [0.2, 0.25) is 5.02 Å². The molecule has 1 fully saturated rings. The summed E-state index contributed by atoms with van der Waals surface area (Å²) in [6, 6.07) is 5.23. The smallest absolute Gasteiger partial charge is 0.313 e. The highest BCUT2D eigenvalue weighted by Crippen LogP contribution is 2.23. The topological polar surface area (TPSA) is 69.6 Å². The molecule has 0 radical (unpaired) electrons. The summed E-state index contributed by atoms with van der Waals surface area (Å²) in [6.45, 7) is 3.03. The molecular formula is C15H19ClN2O3. The van der Waals surface area contributed by atoms with E-state index in [1.165, 1.54) is 4.90 Å². The van der Waals surface area contributed by atoms with Crippen molar-refractivity contribution in [2.24, 2.45) is 5.92 Å².